The summed E-state index contributed by atoms with van der Waals surface area (Å²) in [5.74, 6) is 0. The van der Waals surface area contributed by atoms with Crippen molar-refractivity contribution in [2.45, 2.75) is 52.4 Å². The molecule has 0 unspecified atom stereocenters. The topological polar surface area (TPSA) is 24.1 Å². The SMILES string of the molecule is CC(C)(C)c1ccccc1Nc1ccc(-c2ccc(Nc3ccccc3C(C)(C)C)c(-c3ccccc3)c2-c2ccccc2)cc1. The Balaban J connectivity index is 1.49. The van der Waals surface area contributed by atoms with Gasteiger partial charge in [-0.15, -0.1) is 0 Å². The van der Waals surface area contributed by atoms with Crippen molar-refractivity contribution in [1.82, 2.24) is 0 Å². The van der Waals surface area contributed by atoms with E-state index >= 15 is 0 Å². The molecule has 2 nitrogen and oxygen atoms in total. The Kier molecular flexibility index (Phi) is 8.56. The lowest BCUT2D eigenvalue weighted by molar-refractivity contribution is 0.592. The van der Waals surface area contributed by atoms with Crippen molar-refractivity contribution in [1.29, 1.82) is 0 Å². The van der Waals surface area contributed by atoms with E-state index in [0.29, 0.717) is 0 Å². The van der Waals surface area contributed by atoms with Crippen LogP contribution in [0.1, 0.15) is 52.7 Å². The molecule has 0 radical (unpaired) electrons. The number of nitrogens with one attached hydrogen (secondary N) is 2. The zero-order valence-electron chi connectivity index (χ0n) is 27.9. The van der Waals surface area contributed by atoms with Gasteiger partial charge >= 0.3 is 0 Å². The molecular formula is C44H44N2. The first kappa shape index (κ1) is 30.9. The minimum Gasteiger partial charge on any atom is -0.355 e. The van der Waals surface area contributed by atoms with E-state index < -0.39 is 0 Å². The summed E-state index contributed by atoms with van der Waals surface area (Å²) >= 11 is 0. The zero-order chi connectivity index (χ0) is 32.3. The minimum atomic E-state index is 0.00187. The van der Waals surface area contributed by atoms with Crippen LogP contribution < -0.4 is 10.6 Å². The van der Waals surface area contributed by atoms with E-state index in [1.165, 1.54) is 44.5 Å². The fourth-order valence-corrected chi connectivity index (χ4v) is 6.28. The molecule has 0 aliphatic rings. The molecule has 0 atom stereocenters. The first-order chi connectivity index (χ1) is 22.1. The minimum absolute atomic E-state index is 0.00187. The first-order valence-corrected chi connectivity index (χ1v) is 16.2. The lowest BCUT2D eigenvalue weighted by atomic mass is 9.84. The maximum Gasteiger partial charge on any atom is 0.0470 e. The highest BCUT2D eigenvalue weighted by Gasteiger charge is 2.22. The van der Waals surface area contributed by atoms with Crippen LogP contribution in [0.5, 0.6) is 0 Å². The van der Waals surface area contributed by atoms with Gasteiger partial charge in [-0.05, 0) is 80.1 Å². The Bertz CT molecular complexity index is 1920. The van der Waals surface area contributed by atoms with Crippen molar-refractivity contribution in [2.24, 2.45) is 0 Å². The van der Waals surface area contributed by atoms with Crippen LogP contribution in [0, 0.1) is 0 Å². The van der Waals surface area contributed by atoms with Crippen molar-refractivity contribution < 1.29 is 0 Å². The van der Waals surface area contributed by atoms with Gasteiger partial charge in [0.15, 0.2) is 0 Å². The molecule has 2 N–H and O–H groups in total. The van der Waals surface area contributed by atoms with E-state index in [1.807, 2.05) is 0 Å². The quantitative estimate of drug-likeness (QED) is 0.190. The van der Waals surface area contributed by atoms with Gasteiger partial charge in [0.25, 0.3) is 0 Å². The largest absolute Gasteiger partial charge is 0.355 e. The van der Waals surface area contributed by atoms with Crippen molar-refractivity contribution in [3.63, 3.8) is 0 Å². The van der Waals surface area contributed by atoms with E-state index in [9.17, 15) is 0 Å². The van der Waals surface area contributed by atoms with Gasteiger partial charge in [0, 0.05) is 28.3 Å². The highest BCUT2D eigenvalue weighted by molar-refractivity contribution is 6.01. The molecule has 6 rings (SSSR count). The van der Waals surface area contributed by atoms with E-state index in [2.05, 4.69) is 198 Å². The summed E-state index contributed by atoms with van der Waals surface area (Å²) in [5, 5.41) is 7.56. The molecule has 0 saturated heterocycles. The second kappa shape index (κ2) is 12.7. The molecule has 0 aliphatic carbocycles. The number of benzene rings is 6. The Hall–Kier alpha value is -5.08. The van der Waals surface area contributed by atoms with Gasteiger partial charge in [0.05, 0.1) is 0 Å². The van der Waals surface area contributed by atoms with Crippen LogP contribution in [-0.4, -0.2) is 0 Å². The van der Waals surface area contributed by atoms with Gasteiger partial charge in [0.1, 0.15) is 0 Å². The fourth-order valence-electron chi connectivity index (χ4n) is 6.28. The van der Waals surface area contributed by atoms with Crippen LogP contribution in [0.25, 0.3) is 33.4 Å². The third-order valence-corrected chi connectivity index (χ3v) is 8.54. The molecule has 230 valence electrons. The van der Waals surface area contributed by atoms with E-state index in [1.54, 1.807) is 0 Å². The van der Waals surface area contributed by atoms with Crippen LogP contribution in [0.3, 0.4) is 0 Å². The predicted octanol–water partition coefficient (Wildman–Crippen LogP) is 12.8. The van der Waals surface area contributed by atoms with Gasteiger partial charge in [-0.25, -0.2) is 0 Å². The molecule has 2 heteroatoms. The van der Waals surface area contributed by atoms with Gasteiger partial charge in [0.2, 0.25) is 0 Å². The van der Waals surface area contributed by atoms with Gasteiger partial charge in [-0.2, -0.15) is 0 Å². The van der Waals surface area contributed by atoms with Gasteiger partial charge < -0.3 is 10.6 Å². The lowest BCUT2D eigenvalue weighted by Gasteiger charge is -2.26. The Morgan fingerprint density at radius 2 is 0.804 bits per heavy atom. The standard InChI is InChI=1S/C44H44N2/c1-43(2,3)36-21-13-15-23-38(36)45-34-27-25-31(26-28-34)35-29-30-40(46-39-24-16-14-22-37(39)44(4,5)6)42(33-19-11-8-12-20-33)41(35)32-17-9-7-10-18-32/h7-30,45-46H,1-6H3. The van der Waals surface area contributed by atoms with Crippen LogP contribution >= 0.6 is 0 Å². The van der Waals surface area contributed by atoms with Crippen molar-refractivity contribution in [3.8, 4) is 33.4 Å². The maximum atomic E-state index is 3.88. The summed E-state index contributed by atoms with van der Waals surface area (Å²) < 4.78 is 0. The molecule has 0 amide bonds. The summed E-state index contributed by atoms with van der Waals surface area (Å²) in [5.41, 5.74) is 14.2. The molecule has 46 heavy (non-hydrogen) atoms. The van der Waals surface area contributed by atoms with E-state index in [-0.39, 0.29) is 10.8 Å². The van der Waals surface area contributed by atoms with Crippen LogP contribution in [0.15, 0.2) is 146 Å². The summed E-state index contributed by atoms with van der Waals surface area (Å²) in [4.78, 5) is 0. The third kappa shape index (κ3) is 6.62. The molecule has 0 saturated carbocycles. The molecule has 0 aromatic heterocycles. The Morgan fingerprint density at radius 3 is 1.33 bits per heavy atom. The van der Waals surface area contributed by atoms with Crippen molar-refractivity contribution in [2.75, 3.05) is 10.6 Å². The summed E-state index contributed by atoms with van der Waals surface area (Å²) in [7, 11) is 0. The highest BCUT2D eigenvalue weighted by Crippen LogP contribution is 2.46. The average molecular weight is 601 g/mol. The average Bonchev–Trinajstić information content (AvgIpc) is 3.05. The highest BCUT2D eigenvalue weighted by atomic mass is 14.9. The molecule has 6 aromatic rings. The molecular weight excluding hydrogens is 556 g/mol. The zero-order valence-corrected chi connectivity index (χ0v) is 27.9. The van der Waals surface area contributed by atoms with Gasteiger partial charge in [-0.3, -0.25) is 0 Å². The Morgan fingerprint density at radius 1 is 0.348 bits per heavy atom. The van der Waals surface area contributed by atoms with Crippen LogP contribution in [0.2, 0.25) is 0 Å². The van der Waals surface area contributed by atoms with Gasteiger partial charge in [-0.1, -0.05) is 157 Å². The number of rotatable bonds is 7. The molecule has 0 heterocycles. The third-order valence-electron chi connectivity index (χ3n) is 8.54. The number of hydrogen-bond donors (Lipinski definition) is 2. The number of anilines is 4. The normalized spacial score (nSPS) is 11.7. The molecule has 6 aromatic carbocycles. The first-order valence-electron chi connectivity index (χ1n) is 16.2. The molecule has 0 fully saturated rings. The fraction of sp³-hybridized carbons (Fsp3) is 0.182. The monoisotopic (exact) mass is 600 g/mol. The Labute approximate surface area is 275 Å². The lowest BCUT2D eigenvalue weighted by Crippen LogP contribution is -2.13. The van der Waals surface area contributed by atoms with Crippen molar-refractivity contribution >= 4 is 22.7 Å². The van der Waals surface area contributed by atoms with Crippen LogP contribution in [-0.2, 0) is 10.8 Å². The predicted molar refractivity (Wildman–Crippen MR) is 200 cm³/mol. The van der Waals surface area contributed by atoms with Crippen LogP contribution in [0.4, 0.5) is 22.7 Å². The smallest absolute Gasteiger partial charge is 0.0470 e. The van der Waals surface area contributed by atoms with E-state index in [4.69, 9.17) is 0 Å². The number of hydrogen-bond acceptors (Lipinski definition) is 2. The molecule has 0 aliphatic heterocycles. The molecule has 0 spiro atoms. The maximum absolute atomic E-state index is 3.88. The summed E-state index contributed by atoms with van der Waals surface area (Å²) in [6.45, 7) is 13.6. The van der Waals surface area contributed by atoms with E-state index in [0.717, 1.165) is 22.7 Å². The van der Waals surface area contributed by atoms with Crippen molar-refractivity contribution in [3.05, 3.63) is 157 Å². The summed E-state index contributed by atoms with van der Waals surface area (Å²) in [6, 6.07) is 52.2. The molecule has 0 bridgehead atoms. The number of para-hydroxylation sites is 2. The second-order valence-electron chi connectivity index (χ2n) is 14.1. The second-order valence-corrected chi connectivity index (χ2v) is 14.1. The summed E-state index contributed by atoms with van der Waals surface area (Å²) in [6.07, 6.45) is 0.